The highest BCUT2D eigenvalue weighted by molar-refractivity contribution is 5.63. The third kappa shape index (κ3) is 1.86. The van der Waals surface area contributed by atoms with Crippen molar-refractivity contribution in [3.63, 3.8) is 0 Å². The minimum absolute atomic E-state index is 0.282. The van der Waals surface area contributed by atoms with Gasteiger partial charge < -0.3 is 5.11 Å². The van der Waals surface area contributed by atoms with Crippen molar-refractivity contribution in [1.82, 2.24) is 9.97 Å². The van der Waals surface area contributed by atoms with E-state index >= 15 is 0 Å². The van der Waals surface area contributed by atoms with E-state index in [1.807, 2.05) is 6.92 Å². The van der Waals surface area contributed by atoms with E-state index in [1.165, 1.54) is 12.3 Å². The molecule has 1 aromatic carbocycles. The van der Waals surface area contributed by atoms with Crippen molar-refractivity contribution in [2.75, 3.05) is 0 Å². The number of halogens is 1. The van der Waals surface area contributed by atoms with Crippen LogP contribution in [0.3, 0.4) is 0 Å². The summed E-state index contributed by atoms with van der Waals surface area (Å²) in [6.45, 7) is 3.51. The van der Waals surface area contributed by atoms with E-state index in [-0.39, 0.29) is 11.8 Å². The summed E-state index contributed by atoms with van der Waals surface area (Å²) in [4.78, 5) is 7.55. The van der Waals surface area contributed by atoms with Crippen molar-refractivity contribution in [1.29, 1.82) is 0 Å². The molecule has 1 heterocycles. The molecule has 0 saturated heterocycles. The minimum Gasteiger partial charge on any atom is -0.479 e. The molecule has 0 aliphatic heterocycles. The number of nitrogens with zero attached hydrogens (tertiary/aromatic N) is 2. The zero-order chi connectivity index (χ0) is 11.7. The number of rotatable bonds is 1. The fourth-order valence-electron chi connectivity index (χ4n) is 1.47. The second-order valence-corrected chi connectivity index (χ2v) is 3.67. The van der Waals surface area contributed by atoms with Crippen LogP contribution in [-0.4, -0.2) is 15.1 Å². The Kier molecular flexibility index (Phi) is 2.56. The van der Waals surface area contributed by atoms with E-state index in [0.717, 1.165) is 5.56 Å². The van der Waals surface area contributed by atoms with Gasteiger partial charge in [-0.3, -0.25) is 0 Å². The second kappa shape index (κ2) is 3.89. The Balaban J connectivity index is 2.58. The average molecular weight is 218 g/mol. The molecule has 0 spiro atoms. The second-order valence-electron chi connectivity index (χ2n) is 3.67. The van der Waals surface area contributed by atoms with Gasteiger partial charge in [0.2, 0.25) is 0 Å². The van der Waals surface area contributed by atoms with Gasteiger partial charge in [-0.15, -0.1) is 0 Å². The third-order valence-corrected chi connectivity index (χ3v) is 2.40. The van der Waals surface area contributed by atoms with Crippen molar-refractivity contribution < 1.29 is 9.50 Å². The lowest BCUT2D eigenvalue weighted by atomic mass is 10.1. The summed E-state index contributed by atoms with van der Waals surface area (Å²) in [7, 11) is 0. The number of hydrogen-bond donors (Lipinski definition) is 1. The van der Waals surface area contributed by atoms with Crippen LogP contribution in [0.5, 0.6) is 6.01 Å². The Labute approximate surface area is 92.6 Å². The van der Waals surface area contributed by atoms with E-state index in [9.17, 15) is 9.50 Å². The first-order valence-electron chi connectivity index (χ1n) is 4.87. The van der Waals surface area contributed by atoms with E-state index < -0.39 is 0 Å². The van der Waals surface area contributed by atoms with Gasteiger partial charge in [0.15, 0.2) is 0 Å². The number of aromatic nitrogens is 2. The van der Waals surface area contributed by atoms with Crippen molar-refractivity contribution in [2.24, 2.45) is 0 Å². The normalized spacial score (nSPS) is 10.4. The van der Waals surface area contributed by atoms with E-state index in [4.69, 9.17) is 0 Å². The predicted molar refractivity (Wildman–Crippen MR) is 58.6 cm³/mol. The summed E-state index contributed by atoms with van der Waals surface area (Å²) in [6.07, 6.45) is 1.51. The van der Waals surface area contributed by atoms with Gasteiger partial charge in [-0.1, -0.05) is 12.1 Å². The Morgan fingerprint density at radius 3 is 2.62 bits per heavy atom. The lowest BCUT2D eigenvalue weighted by molar-refractivity contribution is 0.430. The molecule has 1 N–H and O–H groups in total. The molecular formula is C12H11FN2O. The number of benzene rings is 1. The zero-order valence-corrected chi connectivity index (χ0v) is 9.03. The number of aromatic hydroxyl groups is 1. The molecular weight excluding hydrogens is 207 g/mol. The molecule has 0 amide bonds. The summed E-state index contributed by atoms with van der Waals surface area (Å²) >= 11 is 0. The third-order valence-electron chi connectivity index (χ3n) is 2.40. The molecule has 4 heteroatoms. The van der Waals surface area contributed by atoms with Crippen molar-refractivity contribution >= 4 is 0 Å². The summed E-state index contributed by atoms with van der Waals surface area (Å²) in [6, 6.07) is 4.56. The Hall–Kier alpha value is -1.97. The van der Waals surface area contributed by atoms with Crippen molar-refractivity contribution in [3.8, 4) is 17.3 Å². The summed E-state index contributed by atoms with van der Waals surface area (Å²) in [5.41, 5.74) is 2.56. The minimum atomic E-state index is -0.304. The SMILES string of the molecule is Cc1ccc(-c2nc(O)ncc2C)cc1F. The van der Waals surface area contributed by atoms with Crippen LogP contribution < -0.4 is 0 Å². The number of aryl methyl sites for hydroxylation is 2. The van der Waals surface area contributed by atoms with Crippen LogP contribution in [-0.2, 0) is 0 Å². The maximum Gasteiger partial charge on any atom is 0.314 e. The Morgan fingerprint density at radius 2 is 1.94 bits per heavy atom. The van der Waals surface area contributed by atoms with E-state index in [0.29, 0.717) is 16.8 Å². The Bertz CT molecular complexity index is 541. The fourth-order valence-corrected chi connectivity index (χ4v) is 1.47. The van der Waals surface area contributed by atoms with Gasteiger partial charge in [0, 0.05) is 11.8 Å². The molecule has 0 fully saturated rings. The van der Waals surface area contributed by atoms with Crippen LogP contribution in [0.2, 0.25) is 0 Å². The topological polar surface area (TPSA) is 46.0 Å². The van der Waals surface area contributed by atoms with E-state index in [1.54, 1.807) is 19.1 Å². The van der Waals surface area contributed by atoms with Crippen molar-refractivity contribution in [3.05, 3.63) is 41.3 Å². The number of hydrogen-bond acceptors (Lipinski definition) is 3. The van der Waals surface area contributed by atoms with Gasteiger partial charge in [0.25, 0.3) is 0 Å². The predicted octanol–water partition coefficient (Wildman–Crippen LogP) is 2.61. The van der Waals surface area contributed by atoms with Crippen LogP contribution in [0.25, 0.3) is 11.3 Å². The maximum atomic E-state index is 13.4. The standard InChI is InChI=1S/C12H11FN2O/c1-7-3-4-9(5-10(7)13)11-8(2)6-14-12(16)15-11/h3-6H,1-2H3,(H,14,15,16). The quantitative estimate of drug-likeness (QED) is 0.800. The van der Waals surface area contributed by atoms with Crippen LogP contribution >= 0.6 is 0 Å². The van der Waals surface area contributed by atoms with Crippen LogP contribution in [0.15, 0.2) is 24.4 Å². The summed E-state index contributed by atoms with van der Waals surface area (Å²) in [5.74, 6) is -0.282. The van der Waals surface area contributed by atoms with Gasteiger partial charge in [0.05, 0.1) is 5.69 Å². The van der Waals surface area contributed by atoms with Crippen molar-refractivity contribution in [2.45, 2.75) is 13.8 Å². The van der Waals surface area contributed by atoms with Crippen LogP contribution in [0.1, 0.15) is 11.1 Å². The van der Waals surface area contributed by atoms with Gasteiger partial charge in [-0.2, -0.15) is 4.98 Å². The highest BCUT2D eigenvalue weighted by Gasteiger charge is 2.07. The first kappa shape index (κ1) is 10.5. The molecule has 16 heavy (non-hydrogen) atoms. The maximum absolute atomic E-state index is 13.4. The zero-order valence-electron chi connectivity index (χ0n) is 9.03. The molecule has 2 rings (SSSR count). The Morgan fingerprint density at radius 1 is 1.19 bits per heavy atom. The molecule has 0 aliphatic rings. The molecule has 1 aromatic heterocycles. The largest absolute Gasteiger partial charge is 0.479 e. The molecule has 2 aromatic rings. The highest BCUT2D eigenvalue weighted by atomic mass is 19.1. The lowest BCUT2D eigenvalue weighted by Crippen LogP contribution is -1.92. The first-order chi connectivity index (χ1) is 7.58. The van der Waals surface area contributed by atoms with Crippen LogP contribution in [0, 0.1) is 19.7 Å². The van der Waals surface area contributed by atoms with Crippen LogP contribution in [0.4, 0.5) is 4.39 Å². The lowest BCUT2D eigenvalue weighted by Gasteiger charge is -2.05. The average Bonchev–Trinajstić information content (AvgIpc) is 2.26. The molecule has 82 valence electrons. The molecule has 0 bridgehead atoms. The van der Waals surface area contributed by atoms with Gasteiger partial charge in [-0.25, -0.2) is 9.37 Å². The smallest absolute Gasteiger partial charge is 0.314 e. The fraction of sp³-hybridized carbons (Fsp3) is 0.167. The van der Waals surface area contributed by atoms with Gasteiger partial charge in [0.1, 0.15) is 5.82 Å². The molecule has 0 aliphatic carbocycles. The molecule has 0 saturated carbocycles. The molecule has 0 unspecified atom stereocenters. The van der Waals surface area contributed by atoms with Gasteiger partial charge in [-0.05, 0) is 31.0 Å². The highest BCUT2D eigenvalue weighted by Crippen LogP contribution is 2.23. The monoisotopic (exact) mass is 218 g/mol. The van der Waals surface area contributed by atoms with E-state index in [2.05, 4.69) is 9.97 Å². The summed E-state index contributed by atoms with van der Waals surface area (Å²) in [5, 5.41) is 9.21. The molecule has 0 radical (unpaired) electrons. The molecule has 0 atom stereocenters. The summed E-state index contributed by atoms with van der Waals surface area (Å²) < 4.78 is 13.4. The first-order valence-corrected chi connectivity index (χ1v) is 4.87. The van der Waals surface area contributed by atoms with Gasteiger partial charge >= 0.3 is 6.01 Å². The molecule has 3 nitrogen and oxygen atoms in total.